The number of aromatic nitrogens is 2. The second-order valence-corrected chi connectivity index (χ2v) is 8.41. The fraction of sp³-hybridized carbons (Fsp3) is 0.350. The maximum absolute atomic E-state index is 13.0. The van der Waals surface area contributed by atoms with Crippen molar-refractivity contribution in [3.8, 4) is 0 Å². The van der Waals surface area contributed by atoms with Crippen LogP contribution in [0.3, 0.4) is 0 Å². The molecule has 1 aromatic carbocycles. The van der Waals surface area contributed by atoms with Crippen molar-refractivity contribution in [2.24, 2.45) is 0 Å². The van der Waals surface area contributed by atoms with Crippen molar-refractivity contribution >= 4 is 38.8 Å². The van der Waals surface area contributed by atoms with Crippen LogP contribution in [0.4, 0.5) is 11.4 Å². The Kier molecular flexibility index (Phi) is 4.91. The van der Waals surface area contributed by atoms with Gasteiger partial charge in [0.1, 0.15) is 17.1 Å². The monoisotopic (exact) mass is 412 g/mol. The Morgan fingerprint density at radius 1 is 1.28 bits per heavy atom. The van der Waals surface area contributed by atoms with Gasteiger partial charge in [0.2, 0.25) is 5.91 Å². The summed E-state index contributed by atoms with van der Waals surface area (Å²) in [5.41, 5.74) is 2.37. The fourth-order valence-corrected chi connectivity index (χ4v) is 4.91. The Labute approximate surface area is 170 Å². The van der Waals surface area contributed by atoms with Crippen LogP contribution in [0, 0.1) is 24.0 Å². The number of nitrogens with one attached hydrogen (secondary N) is 1. The molecule has 1 N–H and O–H groups in total. The average molecular weight is 412 g/mol. The average Bonchev–Trinajstić information content (AvgIpc) is 3.06. The third-order valence-corrected chi connectivity index (χ3v) is 6.54. The lowest BCUT2D eigenvalue weighted by Crippen LogP contribution is -2.28. The van der Waals surface area contributed by atoms with E-state index in [4.69, 9.17) is 0 Å². The van der Waals surface area contributed by atoms with Crippen molar-refractivity contribution in [2.45, 2.75) is 46.1 Å². The lowest BCUT2D eigenvalue weighted by molar-refractivity contribution is -0.384. The number of thiophene rings is 1. The molecule has 3 aromatic rings. The van der Waals surface area contributed by atoms with Gasteiger partial charge in [0.25, 0.3) is 11.2 Å². The van der Waals surface area contributed by atoms with Crippen molar-refractivity contribution in [2.75, 3.05) is 5.32 Å². The predicted octanol–water partition coefficient (Wildman–Crippen LogP) is 3.50. The summed E-state index contributed by atoms with van der Waals surface area (Å²) in [7, 11) is 0. The second-order valence-electron chi connectivity index (χ2n) is 7.33. The van der Waals surface area contributed by atoms with Crippen LogP contribution in [-0.2, 0) is 24.2 Å². The van der Waals surface area contributed by atoms with Crippen LogP contribution in [0.2, 0.25) is 0 Å². The predicted molar refractivity (Wildman–Crippen MR) is 112 cm³/mol. The minimum Gasteiger partial charge on any atom is -0.319 e. The zero-order valence-electron chi connectivity index (χ0n) is 16.2. The number of rotatable bonds is 4. The van der Waals surface area contributed by atoms with Crippen LogP contribution in [-0.4, -0.2) is 20.4 Å². The summed E-state index contributed by atoms with van der Waals surface area (Å²) in [6.07, 6.45) is 5.36. The molecular formula is C20H20N4O4S. The molecule has 0 saturated carbocycles. The summed E-state index contributed by atoms with van der Waals surface area (Å²) in [5.74, 6) is -0.510. The first-order valence-electron chi connectivity index (χ1n) is 9.40. The summed E-state index contributed by atoms with van der Waals surface area (Å²) in [5, 5.41) is 14.5. The number of carbonyl (C=O) groups is 1. The molecule has 2 heterocycles. The summed E-state index contributed by atoms with van der Waals surface area (Å²) < 4.78 is 1.27. The van der Waals surface area contributed by atoms with Gasteiger partial charge in [-0.15, -0.1) is 11.3 Å². The number of hydrogen-bond donors (Lipinski definition) is 1. The van der Waals surface area contributed by atoms with Gasteiger partial charge in [0, 0.05) is 10.9 Å². The molecule has 0 fully saturated rings. The Morgan fingerprint density at radius 2 is 2.00 bits per heavy atom. The number of fused-ring (bicyclic) bond motifs is 3. The molecule has 0 bridgehead atoms. The highest BCUT2D eigenvalue weighted by atomic mass is 32.1. The van der Waals surface area contributed by atoms with Gasteiger partial charge in [0.15, 0.2) is 0 Å². The van der Waals surface area contributed by atoms with E-state index in [1.165, 1.54) is 21.8 Å². The maximum Gasteiger partial charge on any atom is 0.293 e. The first-order chi connectivity index (χ1) is 13.8. The molecule has 2 aromatic heterocycles. The van der Waals surface area contributed by atoms with Crippen molar-refractivity contribution in [1.82, 2.24) is 9.55 Å². The molecule has 1 aliphatic rings. The molecule has 0 aliphatic heterocycles. The summed E-state index contributed by atoms with van der Waals surface area (Å²) >= 11 is 1.55. The Balaban J connectivity index is 1.64. The number of carbonyl (C=O) groups excluding carboxylic acids is 1. The van der Waals surface area contributed by atoms with E-state index in [0.29, 0.717) is 10.2 Å². The van der Waals surface area contributed by atoms with E-state index in [9.17, 15) is 19.7 Å². The second kappa shape index (κ2) is 7.40. The zero-order chi connectivity index (χ0) is 20.7. The number of amides is 1. The largest absolute Gasteiger partial charge is 0.319 e. The first-order valence-corrected chi connectivity index (χ1v) is 10.2. The number of hydrogen-bond acceptors (Lipinski definition) is 6. The molecule has 0 saturated heterocycles. The van der Waals surface area contributed by atoms with E-state index >= 15 is 0 Å². The molecule has 150 valence electrons. The SMILES string of the molecule is Cc1cc(NC(=O)Cn2cnc3sc4c(c3c2=O)CCCC4)c([N+](=O)[O-])cc1C. The molecule has 1 amide bonds. The van der Waals surface area contributed by atoms with Gasteiger partial charge >= 0.3 is 0 Å². The van der Waals surface area contributed by atoms with Crippen LogP contribution >= 0.6 is 11.3 Å². The quantitative estimate of drug-likeness (QED) is 0.521. The van der Waals surface area contributed by atoms with E-state index in [0.717, 1.165) is 42.4 Å². The van der Waals surface area contributed by atoms with Gasteiger partial charge < -0.3 is 5.32 Å². The number of nitro benzene ring substituents is 1. The molecule has 8 nitrogen and oxygen atoms in total. The minimum absolute atomic E-state index is 0.123. The van der Waals surface area contributed by atoms with Gasteiger partial charge in [0.05, 0.1) is 16.6 Å². The van der Waals surface area contributed by atoms with Crippen molar-refractivity contribution < 1.29 is 9.72 Å². The molecule has 9 heteroatoms. The standard InChI is InChI=1S/C20H20N4O4S/c1-11-7-14(15(24(27)28)8-12(11)2)22-17(25)9-23-10-21-19-18(20(23)26)13-5-3-4-6-16(13)29-19/h7-8,10H,3-6,9H2,1-2H3,(H,22,25). The third kappa shape index (κ3) is 3.53. The Hall–Kier alpha value is -3.07. The fourth-order valence-electron chi connectivity index (χ4n) is 3.69. The van der Waals surface area contributed by atoms with Crippen molar-refractivity contribution in [3.63, 3.8) is 0 Å². The highest BCUT2D eigenvalue weighted by molar-refractivity contribution is 7.18. The molecule has 1 aliphatic carbocycles. The van der Waals surface area contributed by atoms with E-state index in [1.54, 1.807) is 24.3 Å². The van der Waals surface area contributed by atoms with Gasteiger partial charge in [-0.2, -0.15) is 0 Å². The number of nitro groups is 1. The van der Waals surface area contributed by atoms with Crippen molar-refractivity contribution in [1.29, 1.82) is 0 Å². The number of anilines is 1. The third-order valence-electron chi connectivity index (χ3n) is 5.34. The van der Waals surface area contributed by atoms with Crippen LogP contribution in [0.25, 0.3) is 10.2 Å². The topological polar surface area (TPSA) is 107 Å². The number of aryl methyl sites for hydroxylation is 4. The molecule has 0 unspecified atom stereocenters. The minimum atomic E-state index is -0.528. The van der Waals surface area contributed by atoms with E-state index < -0.39 is 10.8 Å². The molecular weight excluding hydrogens is 392 g/mol. The first kappa shape index (κ1) is 19.3. The Morgan fingerprint density at radius 3 is 2.76 bits per heavy atom. The molecule has 0 spiro atoms. The van der Waals surface area contributed by atoms with Crippen LogP contribution in [0.1, 0.15) is 34.4 Å². The van der Waals surface area contributed by atoms with Gasteiger partial charge in [-0.3, -0.25) is 24.3 Å². The lowest BCUT2D eigenvalue weighted by atomic mass is 9.97. The van der Waals surface area contributed by atoms with Gasteiger partial charge in [-0.25, -0.2) is 4.98 Å². The van der Waals surface area contributed by atoms with Crippen LogP contribution in [0.5, 0.6) is 0 Å². The highest BCUT2D eigenvalue weighted by Crippen LogP contribution is 2.33. The lowest BCUT2D eigenvalue weighted by Gasteiger charge is -2.11. The van der Waals surface area contributed by atoms with E-state index in [1.807, 2.05) is 6.92 Å². The zero-order valence-corrected chi connectivity index (χ0v) is 17.0. The summed E-state index contributed by atoms with van der Waals surface area (Å²) in [6, 6.07) is 3.01. The van der Waals surface area contributed by atoms with E-state index in [2.05, 4.69) is 10.3 Å². The maximum atomic E-state index is 13.0. The number of nitrogens with zero attached hydrogens (tertiary/aromatic N) is 3. The summed E-state index contributed by atoms with van der Waals surface area (Å²) in [6.45, 7) is 3.34. The Bertz CT molecular complexity index is 1210. The van der Waals surface area contributed by atoms with Crippen molar-refractivity contribution in [3.05, 3.63) is 60.5 Å². The summed E-state index contributed by atoms with van der Waals surface area (Å²) in [4.78, 5) is 42.6. The number of benzene rings is 1. The normalized spacial score (nSPS) is 13.3. The van der Waals surface area contributed by atoms with Crippen LogP contribution < -0.4 is 10.9 Å². The van der Waals surface area contributed by atoms with E-state index in [-0.39, 0.29) is 23.5 Å². The smallest absolute Gasteiger partial charge is 0.293 e. The molecule has 0 radical (unpaired) electrons. The highest BCUT2D eigenvalue weighted by Gasteiger charge is 2.21. The van der Waals surface area contributed by atoms with Gasteiger partial charge in [-0.1, -0.05) is 0 Å². The van der Waals surface area contributed by atoms with Crippen LogP contribution in [0.15, 0.2) is 23.3 Å². The van der Waals surface area contributed by atoms with Gasteiger partial charge in [-0.05, 0) is 62.3 Å². The molecule has 29 heavy (non-hydrogen) atoms. The molecule has 0 atom stereocenters. The molecule has 4 rings (SSSR count).